The van der Waals surface area contributed by atoms with Gasteiger partial charge in [-0.3, -0.25) is 5.21 Å². The SMILES string of the molecule is CCN(O)C(=O)OCCO. The number of ether oxygens (including phenoxy) is 1. The lowest BCUT2D eigenvalue weighted by molar-refractivity contribution is -0.0721. The molecule has 0 saturated heterocycles. The van der Waals surface area contributed by atoms with Crippen molar-refractivity contribution in [3.05, 3.63) is 0 Å². The predicted octanol–water partition coefficient (Wildman–Crippen LogP) is -0.174. The first-order chi connectivity index (χ1) is 4.72. The Morgan fingerprint density at radius 3 is 2.70 bits per heavy atom. The van der Waals surface area contributed by atoms with Crippen LogP contribution in [0.4, 0.5) is 4.79 Å². The van der Waals surface area contributed by atoms with Crippen LogP contribution in [0.1, 0.15) is 6.92 Å². The molecular weight excluding hydrogens is 138 g/mol. The Morgan fingerprint density at radius 1 is 1.70 bits per heavy atom. The molecule has 0 rings (SSSR count). The molecule has 0 aliphatic heterocycles. The van der Waals surface area contributed by atoms with Gasteiger partial charge in [0.15, 0.2) is 0 Å². The van der Waals surface area contributed by atoms with Gasteiger partial charge in [-0.25, -0.2) is 4.79 Å². The average Bonchev–Trinajstić information content (AvgIpc) is 1.98. The number of carbonyl (C=O) groups excluding carboxylic acids is 1. The van der Waals surface area contributed by atoms with Crippen molar-refractivity contribution in [2.24, 2.45) is 0 Å². The van der Waals surface area contributed by atoms with Crippen LogP contribution in [0.3, 0.4) is 0 Å². The first-order valence-electron chi connectivity index (χ1n) is 2.96. The minimum Gasteiger partial charge on any atom is -0.445 e. The van der Waals surface area contributed by atoms with Gasteiger partial charge in [0.1, 0.15) is 6.61 Å². The molecule has 0 aromatic carbocycles. The molecule has 0 aromatic heterocycles. The molecule has 0 atom stereocenters. The number of aliphatic hydroxyl groups excluding tert-OH is 1. The Hall–Kier alpha value is -0.810. The van der Waals surface area contributed by atoms with E-state index in [-0.39, 0.29) is 19.8 Å². The second-order valence-electron chi connectivity index (χ2n) is 1.55. The molecule has 0 heterocycles. The first-order valence-corrected chi connectivity index (χ1v) is 2.96. The fraction of sp³-hybridized carbons (Fsp3) is 0.800. The van der Waals surface area contributed by atoms with E-state index in [1.807, 2.05) is 0 Å². The zero-order valence-corrected chi connectivity index (χ0v) is 5.78. The Labute approximate surface area is 58.8 Å². The molecule has 60 valence electrons. The van der Waals surface area contributed by atoms with Crippen molar-refractivity contribution in [2.45, 2.75) is 6.92 Å². The molecule has 10 heavy (non-hydrogen) atoms. The van der Waals surface area contributed by atoms with Gasteiger partial charge in [-0.05, 0) is 6.92 Å². The van der Waals surface area contributed by atoms with Gasteiger partial charge >= 0.3 is 6.09 Å². The maximum absolute atomic E-state index is 10.5. The largest absolute Gasteiger partial charge is 0.445 e. The standard InChI is InChI=1S/C5H11NO4/c1-2-6(9)5(8)10-4-3-7/h7,9H,2-4H2,1H3. The summed E-state index contributed by atoms with van der Waals surface area (Å²) >= 11 is 0. The van der Waals surface area contributed by atoms with Crippen molar-refractivity contribution < 1.29 is 19.8 Å². The molecule has 1 amide bonds. The monoisotopic (exact) mass is 149 g/mol. The van der Waals surface area contributed by atoms with Crippen molar-refractivity contribution in [3.63, 3.8) is 0 Å². The maximum Gasteiger partial charge on any atom is 0.433 e. The van der Waals surface area contributed by atoms with E-state index in [0.717, 1.165) is 0 Å². The highest BCUT2D eigenvalue weighted by molar-refractivity contribution is 5.65. The van der Waals surface area contributed by atoms with Crippen LogP contribution >= 0.6 is 0 Å². The molecule has 0 bridgehead atoms. The second kappa shape index (κ2) is 5.01. The van der Waals surface area contributed by atoms with Gasteiger partial charge in [0.2, 0.25) is 0 Å². The molecule has 0 aliphatic carbocycles. The highest BCUT2D eigenvalue weighted by atomic mass is 16.6. The van der Waals surface area contributed by atoms with Crippen molar-refractivity contribution in [1.29, 1.82) is 0 Å². The van der Waals surface area contributed by atoms with E-state index in [2.05, 4.69) is 4.74 Å². The van der Waals surface area contributed by atoms with Gasteiger partial charge in [-0.2, -0.15) is 5.06 Å². The topological polar surface area (TPSA) is 70.0 Å². The Balaban J connectivity index is 3.42. The van der Waals surface area contributed by atoms with Gasteiger partial charge in [0.05, 0.1) is 6.61 Å². The van der Waals surface area contributed by atoms with E-state index in [1.54, 1.807) is 6.92 Å². The molecular formula is C5H11NO4. The summed E-state index contributed by atoms with van der Waals surface area (Å²) in [5.74, 6) is 0. The summed E-state index contributed by atoms with van der Waals surface area (Å²) < 4.78 is 4.33. The third kappa shape index (κ3) is 3.26. The average molecular weight is 149 g/mol. The molecule has 5 heteroatoms. The fourth-order valence-electron chi connectivity index (χ4n) is 0.337. The maximum atomic E-state index is 10.5. The summed E-state index contributed by atoms with van der Waals surface area (Å²) in [6.45, 7) is 1.45. The Morgan fingerprint density at radius 2 is 2.30 bits per heavy atom. The van der Waals surface area contributed by atoms with Crippen molar-refractivity contribution in [2.75, 3.05) is 19.8 Å². The zero-order chi connectivity index (χ0) is 7.98. The summed E-state index contributed by atoms with van der Waals surface area (Å²) in [6, 6.07) is 0. The summed E-state index contributed by atoms with van der Waals surface area (Å²) in [5, 5.41) is 17.2. The van der Waals surface area contributed by atoms with Crippen LogP contribution < -0.4 is 0 Å². The van der Waals surface area contributed by atoms with E-state index in [0.29, 0.717) is 5.06 Å². The van der Waals surface area contributed by atoms with Crippen LogP contribution in [0.5, 0.6) is 0 Å². The lowest BCUT2D eigenvalue weighted by Crippen LogP contribution is -2.28. The van der Waals surface area contributed by atoms with E-state index < -0.39 is 6.09 Å². The molecule has 0 radical (unpaired) electrons. The molecule has 0 saturated carbocycles. The van der Waals surface area contributed by atoms with Crippen LogP contribution in [0.2, 0.25) is 0 Å². The van der Waals surface area contributed by atoms with Crippen LogP contribution in [0.15, 0.2) is 0 Å². The molecule has 2 N–H and O–H groups in total. The molecule has 0 unspecified atom stereocenters. The summed E-state index contributed by atoms with van der Waals surface area (Å²) in [7, 11) is 0. The third-order valence-electron chi connectivity index (χ3n) is 0.827. The van der Waals surface area contributed by atoms with Crippen LogP contribution in [-0.2, 0) is 4.74 Å². The van der Waals surface area contributed by atoms with Gasteiger partial charge in [0, 0.05) is 6.54 Å². The van der Waals surface area contributed by atoms with Gasteiger partial charge in [-0.1, -0.05) is 0 Å². The van der Waals surface area contributed by atoms with Crippen molar-refractivity contribution in [3.8, 4) is 0 Å². The number of amides is 1. The summed E-state index contributed by atoms with van der Waals surface area (Å²) in [5.41, 5.74) is 0. The van der Waals surface area contributed by atoms with Gasteiger partial charge < -0.3 is 9.84 Å². The molecule has 0 aliphatic rings. The van der Waals surface area contributed by atoms with E-state index in [9.17, 15) is 4.79 Å². The normalized spacial score (nSPS) is 9.10. The Bertz CT molecular complexity index is 106. The van der Waals surface area contributed by atoms with Crippen LogP contribution in [0.25, 0.3) is 0 Å². The Kier molecular flexibility index (Phi) is 4.61. The van der Waals surface area contributed by atoms with Crippen molar-refractivity contribution in [1.82, 2.24) is 5.06 Å². The lowest BCUT2D eigenvalue weighted by Gasteiger charge is -2.10. The minimum absolute atomic E-state index is 0.0874. The van der Waals surface area contributed by atoms with Crippen molar-refractivity contribution >= 4 is 6.09 Å². The summed E-state index contributed by atoms with van der Waals surface area (Å²) in [4.78, 5) is 10.5. The van der Waals surface area contributed by atoms with Gasteiger partial charge in [-0.15, -0.1) is 0 Å². The number of aliphatic hydroxyl groups is 1. The fourth-order valence-corrected chi connectivity index (χ4v) is 0.337. The third-order valence-corrected chi connectivity index (χ3v) is 0.827. The number of carbonyl (C=O) groups is 1. The molecule has 5 nitrogen and oxygen atoms in total. The van der Waals surface area contributed by atoms with E-state index in [4.69, 9.17) is 10.3 Å². The lowest BCUT2D eigenvalue weighted by atomic mass is 10.7. The minimum atomic E-state index is -0.837. The van der Waals surface area contributed by atoms with E-state index in [1.165, 1.54) is 0 Å². The quantitative estimate of drug-likeness (QED) is 0.431. The number of rotatable bonds is 3. The van der Waals surface area contributed by atoms with Gasteiger partial charge in [0.25, 0.3) is 0 Å². The molecule has 0 fully saturated rings. The molecule has 0 aromatic rings. The van der Waals surface area contributed by atoms with E-state index >= 15 is 0 Å². The number of hydroxylamine groups is 2. The van der Waals surface area contributed by atoms with Crippen LogP contribution in [0, 0.1) is 0 Å². The first kappa shape index (κ1) is 9.19. The number of hydrogen-bond donors (Lipinski definition) is 2. The second-order valence-corrected chi connectivity index (χ2v) is 1.55. The number of hydrogen-bond acceptors (Lipinski definition) is 4. The predicted molar refractivity (Wildman–Crippen MR) is 32.6 cm³/mol. The highest BCUT2D eigenvalue weighted by Gasteiger charge is 2.07. The van der Waals surface area contributed by atoms with Crippen LogP contribution in [-0.4, -0.2) is 41.2 Å². The molecule has 0 spiro atoms. The number of nitrogens with zero attached hydrogens (tertiary/aromatic N) is 1. The summed E-state index contributed by atoms with van der Waals surface area (Å²) in [6.07, 6.45) is -0.837. The smallest absolute Gasteiger partial charge is 0.433 e. The zero-order valence-electron chi connectivity index (χ0n) is 5.78. The highest BCUT2D eigenvalue weighted by Crippen LogP contribution is 1.87.